The van der Waals surface area contributed by atoms with Crippen molar-refractivity contribution in [2.75, 3.05) is 17.2 Å². The van der Waals surface area contributed by atoms with E-state index in [-0.39, 0.29) is 17.1 Å². The summed E-state index contributed by atoms with van der Waals surface area (Å²) in [6.45, 7) is 3.93. The third kappa shape index (κ3) is 4.00. The van der Waals surface area contributed by atoms with Gasteiger partial charge in [-0.3, -0.25) is 19.3 Å². The van der Waals surface area contributed by atoms with Crippen molar-refractivity contribution in [1.82, 2.24) is 4.90 Å². The number of carbonyl (C=O) groups is 3. The van der Waals surface area contributed by atoms with Crippen molar-refractivity contribution in [3.8, 4) is 0 Å². The highest BCUT2D eigenvalue weighted by Crippen LogP contribution is 2.28. The zero-order valence-corrected chi connectivity index (χ0v) is 13.4. The molecule has 1 atom stereocenters. The van der Waals surface area contributed by atoms with Crippen LogP contribution in [-0.2, 0) is 9.59 Å². The van der Waals surface area contributed by atoms with Crippen LogP contribution in [0.4, 0.5) is 16.2 Å². The average molecular weight is 321 g/mol. The Bertz CT molecular complexity index is 574. The van der Waals surface area contributed by atoms with Gasteiger partial charge in [0.05, 0.1) is 0 Å². The summed E-state index contributed by atoms with van der Waals surface area (Å²) in [6.07, 6.45) is 1.75. The number of benzene rings is 1. The minimum Gasteiger partial charge on any atom is -0.365 e. The van der Waals surface area contributed by atoms with Gasteiger partial charge in [0.25, 0.3) is 11.1 Å². The first kappa shape index (κ1) is 16.4. The second-order valence-electron chi connectivity index (χ2n) is 5.01. The van der Waals surface area contributed by atoms with Crippen LogP contribution in [-0.4, -0.2) is 33.9 Å². The third-order valence-corrected chi connectivity index (χ3v) is 4.14. The molecule has 0 aromatic heterocycles. The van der Waals surface area contributed by atoms with Gasteiger partial charge in [0.2, 0.25) is 5.91 Å². The number of unbranched alkanes of at least 4 members (excludes halogenated alkanes) is 1. The Labute approximate surface area is 133 Å². The number of amides is 3. The van der Waals surface area contributed by atoms with Crippen molar-refractivity contribution < 1.29 is 14.4 Å². The van der Waals surface area contributed by atoms with Crippen LogP contribution in [0.2, 0.25) is 0 Å². The minimum absolute atomic E-state index is 0.139. The van der Waals surface area contributed by atoms with Crippen molar-refractivity contribution in [1.29, 1.82) is 0 Å². The van der Waals surface area contributed by atoms with Crippen molar-refractivity contribution in [2.24, 2.45) is 0 Å². The lowest BCUT2D eigenvalue weighted by atomic mass is 10.2. The molecule has 1 aliphatic rings. The normalized spacial score (nSPS) is 17.7. The van der Waals surface area contributed by atoms with Gasteiger partial charge in [-0.1, -0.05) is 13.3 Å². The lowest BCUT2D eigenvalue weighted by Crippen LogP contribution is -2.35. The summed E-state index contributed by atoms with van der Waals surface area (Å²) in [7, 11) is 0. The SMILES string of the molecule is CCCCN1C(=O)S[C@H](Nc2ccc(NC(C)=O)cc2)C1=O. The molecule has 1 heterocycles. The first-order chi connectivity index (χ1) is 10.5. The molecule has 0 unspecified atom stereocenters. The number of hydrogen-bond acceptors (Lipinski definition) is 5. The van der Waals surface area contributed by atoms with Crippen LogP contribution in [0.1, 0.15) is 26.7 Å². The van der Waals surface area contributed by atoms with Gasteiger partial charge in [-0.15, -0.1) is 0 Å². The van der Waals surface area contributed by atoms with Crippen LogP contribution in [0.3, 0.4) is 0 Å². The lowest BCUT2D eigenvalue weighted by Gasteiger charge is -2.14. The Hall–Kier alpha value is -2.02. The fourth-order valence-electron chi connectivity index (χ4n) is 2.06. The molecule has 1 aromatic carbocycles. The second kappa shape index (κ2) is 7.31. The Morgan fingerprint density at radius 3 is 2.45 bits per heavy atom. The molecule has 118 valence electrons. The van der Waals surface area contributed by atoms with Gasteiger partial charge >= 0.3 is 0 Å². The topological polar surface area (TPSA) is 78.5 Å². The fraction of sp³-hybridized carbons (Fsp3) is 0.400. The van der Waals surface area contributed by atoms with E-state index in [0.717, 1.165) is 30.3 Å². The number of carbonyl (C=O) groups excluding carboxylic acids is 3. The average Bonchev–Trinajstić information content (AvgIpc) is 2.73. The van der Waals surface area contributed by atoms with Crippen LogP contribution >= 0.6 is 11.8 Å². The predicted octanol–water partition coefficient (Wildman–Crippen LogP) is 2.88. The van der Waals surface area contributed by atoms with Gasteiger partial charge in [-0.2, -0.15) is 0 Å². The van der Waals surface area contributed by atoms with E-state index in [0.29, 0.717) is 12.2 Å². The van der Waals surface area contributed by atoms with E-state index in [1.165, 1.54) is 11.8 Å². The van der Waals surface area contributed by atoms with E-state index in [9.17, 15) is 14.4 Å². The summed E-state index contributed by atoms with van der Waals surface area (Å²) in [5.41, 5.74) is 1.41. The summed E-state index contributed by atoms with van der Waals surface area (Å²) in [4.78, 5) is 36.3. The van der Waals surface area contributed by atoms with Crippen LogP contribution in [0.5, 0.6) is 0 Å². The van der Waals surface area contributed by atoms with Gasteiger partial charge in [-0.25, -0.2) is 0 Å². The van der Waals surface area contributed by atoms with E-state index < -0.39 is 5.37 Å². The monoisotopic (exact) mass is 321 g/mol. The Morgan fingerprint density at radius 2 is 1.86 bits per heavy atom. The smallest absolute Gasteiger partial charge is 0.290 e. The van der Waals surface area contributed by atoms with Crippen LogP contribution < -0.4 is 10.6 Å². The van der Waals surface area contributed by atoms with Gasteiger partial charge in [0.1, 0.15) is 0 Å². The van der Waals surface area contributed by atoms with E-state index in [2.05, 4.69) is 10.6 Å². The molecule has 0 bridgehead atoms. The molecule has 1 saturated heterocycles. The molecule has 0 aliphatic carbocycles. The Morgan fingerprint density at radius 1 is 1.23 bits per heavy atom. The molecule has 0 radical (unpaired) electrons. The van der Waals surface area contributed by atoms with Crippen LogP contribution in [0, 0.1) is 0 Å². The first-order valence-corrected chi connectivity index (χ1v) is 8.05. The summed E-state index contributed by atoms with van der Waals surface area (Å²) < 4.78 is 0. The predicted molar refractivity (Wildman–Crippen MR) is 87.8 cm³/mol. The number of nitrogens with zero attached hydrogens (tertiary/aromatic N) is 1. The van der Waals surface area contributed by atoms with Crippen molar-refractivity contribution in [3.63, 3.8) is 0 Å². The van der Waals surface area contributed by atoms with E-state index in [4.69, 9.17) is 0 Å². The van der Waals surface area contributed by atoms with Crippen LogP contribution in [0.15, 0.2) is 24.3 Å². The molecule has 1 aromatic rings. The van der Waals surface area contributed by atoms with Crippen LogP contribution in [0.25, 0.3) is 0 Å². The molecule has 7 heteroatoms. The van der Waals surface area contributed by atoms with Gasteiger partial charge in [0, 0.05) is 24.8 Å². The van der Waals surface area contributed by atoms with Gasteiger partial charge in [-0.05, 0) is 42.4 Å². The molecule has 3 amide bonds. The van der Waals surface area contributed by atoms with E-state index in [1.54, 1.807) is 24.3 Å². The highest BCUT2D eigenvalue weighted by molar-refractivity contribution is 8.15. The lowest BCUT2D eigenvalue weighted by molar-refractivity contribution is -0.126. The summed E-state index contributed by atoms with van der Waals surface area (Å²) >= 11 is 0.998. The molecular formula is C15H19N3O3S. The summed E-state index contributed by atoms with van der Waals surface area (Å²) in [5.74, 6) is -0.339. The molecule has 2 rings (SSSR count). The molecule has 6 nitrogen and oxygen atoms in total. The van der Waals surface area contributed by atoms with Gasteiger partial charge < -0.3 is 10.6 Å². The maximum Gasteiger partial charge on any atom is 0.290 e. The fourth-order valence-corrected chi connectivity index (χ4v) is 2.99. The molecule has 1 fully saturated rings. The van der Waals surface area contributed by atoms with E-state index in [1.807, 2.05) is 6.92 Å². The molecular weight excluding hydrogens is 302 g/mol. The number of thioether (sulfide) groups is 1. The second-order valence-corrected chi connectivity index (χ2v) is 6.07. The van der Waals surface area contributed by atoms with Crippen molar-refractivity contribution >= 4 is 40.2 Å². The minimum atomic E-state index is -0.587. The molecule has 0 saturated carbocycles. The Balaban J connectivity index is 1.97. The van der Waals surface area contributed by atoms with Crippen molar-refractivity contribution in [3.05, 3.63) is 24.3 Å². The van der Waals surface area contributed by atoms with Crippen molar-refractivity contribution in [2.45, 2.75) is 32.1 Å². The third-order valence-electron chi connectivity index (χ3n) is 3.17. The zero-order valence-electron chi connectivity index (χ0n) is 12.6. The number of anilines is 2. The maximum absolute atomic E-state index is 12.2. The zero-order chi connectivity index (χ0) is 16.1. The highest BCUT2D eigenvalue weighted by Gasteiger charge is 2.39. The molecule has 22 heavy (non-hydrogen) atoms. The first-order valence-electron chi connectivity index (χ1n) is 7.17. The molecule has 2 N–H and O–H groups in total. The molecule has 0 spiro atoms. The largest absolute Gasteiger partial charge is 0.365 e. The Kier molecular flexibility index (Phi) is 5.43. The highest BCUT2D eigenvalue weighted by atomic mass is 32.2. The number of hydrogen-bond donors (Lipinski definition) is 2. The number of imide groups is 1. The maximum atomic E-state index is 12.2. The quantitative estimate of drug-likeness (QED) is 0.842. The number of rotatable bonds is 6. The summed E-state index contributed by atoms with van der Waals surface area (Å²) in [5, 5.41) is 4.93. The van der Waals surface area contributed by atoms with E-state index >= 15 is 0 Å². The van der Waals surface area contributed by atoms with Gasteiger partial charge in [0.15, 0.2) is 5.37 Å². The number of nitrogens with one attached hydrogen (secondary N) is 2. The molecule has 1 aliphatic heterocycles. The standard InChI is InChI=1S/C15H19N3O3S/c1-3-4-9-18-14(20)13(22-15(18)21)17-12-7-5-11(6-8-12)16-10(2)19/h5-8,13,17H,3-4,9H2,1-2H3,(H,16,19)/t13-/m0/s1. The summed E-state index contributed by atoms with van der Waals surface area (Å²) in [6, 6.07) is 7.01.